The summed E-state index contributed by atoms with van der Waals surface area (Å²) in [5.74, 6) is -0.0857. The fourth-order valence-electron chi connectivity index (χ4n) is 2.00. The SMILES string of the molecule is CC(c1cccc(Cl)c1)N(C)C(=O)C1(C#N)CC1. The maximum atomic E-state index is 12.2. The van der Waals surface area contributed by atoms with Gasteiger partial charge >= 0.3 is 0 Å². The Hall–Kier alpha value is -1.53. The summed E-state index contributed by atoms with van der Waals surface area (Å²) in [6.45, 7) is 1.94. The fourth-order valence-corrected chi connectivity index (χ4v) is 2.20. The number of amides is 1. The summed E-state index contributed by atoms with van der Waals surface area (Å²) in [5.41, 5.74) is 0.216. The Morgan fingerprint density at radius 1 is 1.56 bits per heavy atom. The van der Waals surface area contributed by atoms with Crippen molar-refractivity contribution in [3.8, 4) is 6.07 Å². The lowest BCUT2D eigenvalue weighted by atomic mass is 10.0. The van der Waals surface area contributed by atoms with Crippen LogP contribution in [0, 0.1) is 16.7 Å². The number of carbonyl (C=O) groups excluding carboxylic acids is 1. The number of hydrogen-bond acceptors (Lipinski definition) is 2. The lowest BCUT2D eigenvalue weighted by Gasteiger charge is -2.27. The van der Waals surface area contributed by atoms with Gasteiger partial charge < -0.3 is 4.90 Å². The molecule has 0 aromatic heterocycles. The van der Waals surface area contributed by atoms with Crippen molar-refractivity contribution in [3.63, 3.8) is 0 Å². The molecular formula is C14H15ClN2O. The number of benzene rings is 1. The summed E-state index contributed by atoms with van der Waals surface area (Å²) < 4.78 is 0. The molecule has 1 aromatic rings. The molecule has 0 spiro atoms. The van der Waals surface area contributed by atoms with Crippen LogP contribution in [0.3, 0.4) is 0 Å². The molecule has 4 heteroatoms. The second-order valence-electron chi connectivity index (χ2n) is 4.84. The van der Waals surface area contributed by atoms with Gasteiger partial charge in [-0.3, -0.25) is 4.79 Å². The third kappa shape index (κ3) is 2.21. The van der Waals surface area contributed by atoms with Gasteiger partial charge in [0, 0.05) is 12.1 Å². The third-order valence-electron chi connectivity index (χ3n) is 3.61. The van der Waals surface area contributed by atoms with Gasteiger partial charge in [-0.25, -0.2) is 0 Å². The number of nitrogens with zero attached hydrogens (tertiary/aromatic N) is 2. The number of carbonyl (C=O) groups is 1. The van der Waals surface area contributed by atoms with E-state index in [0.29, 0.717) is 17.9 Å². The molecule has 1 fully saturated rings. The minimum Gasteiger partial charge on any atom is -0.338 e. The second kappa shape index (κ2) is 4.62. The Labute approximate surface area is 112 Å². The monoisotopic (exact) mass is 262 g/mol. The number of halogens is 1. The predicted molar refractivity (Wildman–Crippen MR) is 69.9 cm³/mol. The summed E-state index contributed by atoms with van der Waals surface area (Å²) in [7, 11) is 1.74. The summed E-state index contributed by atoms with van der Waals surface area (Å²) in [5, 5.41) is 9.71. The Kier molecular flexibility index (Phi) is 3.32. The lowest BCUT2D eigenvalue weighted by Crippen LogP contribution is -2.35. The molecule has 0 heterocycles. The first-order chi connectivity index (χ1) is 8.50. The highest BCUT2D eigenvalue weighted by Gasteiger charge is 2.52. The molecule has 0 aliphatic heterocycles. The first-order valence-electron chi connectivity index (χ1n) is 5.94. The van der Waals surface area contributed by atoms with Crippen LogP contribution >= 0.6 is 11.6 Å². The fraction of sp³-hybridized carbons (Fsp3) is 0.429. The molecule has 0 saturated heterocycles. The Balaban J connectivity index is 2.17. The minimum atomic E-state index is -0.762. The van der Waals surface area contributed by atoms with Gasteiger partial charge in [-0.15, -0.1) is 0 Å². The highest BCUT2D eigenvalue weighted by atomic mass is 35.5. The van der Waals surface area contributed by atoms with Crippen molar-refractivity contribution in [1.82, 2.24) is 4.90 Å². The number of hydrogen-bond donors (Lipinski definition) is 0. The van der Waals surface area contributed by atoms with Gasteiger partial charge in [-0.1, -0.05) is 23.7 Å². The molecule has 0 bridgehead atoms. The van der Waals surface area contributed by atoms with Gasteiger partial charge in [-0.2, -0.15) is 5.26 Å². The second-order valence-corrected chi connectivity index (χ2v) is 5.28. The molecule has 1 atom stereocenters. The van der Waals surface area contributed by atoms with Crippen LogP contribution < -0.4 is 0 Å². The quantitative estimate of drug-likeness (QED) is 0.840. The standard InChI is InChI=1S/C14H15ClN2O/c1-10(11-4-3-5-12(15)8-11)17(2)13(18)14(9-16)6-7-14/h3-5,8,10H,6-7H2,1-2H3. The van der Waals surface area contributed by atoms with E-state index in [1.807, 2.05) is 25.1 Å². The van der Waals surface area contributed by atoms with Gasteiger partial charge in [0.15, 0.2) is 0 Å². The topological polar surface area (TPSA) is 44.1 Å². The Morgan fingerprint density at radius 2 is 2.22 bits per heavy atom. The molecule has 94 valence electrons. The van der Waals surface area contributed by atoms with E-state index in [1.165, 1.54) is 0 Å². The summed E-state index contributed by atoms with van der Waals surface area (Å²) in [4.78, 5) is 13.9. The average Bonchev–Trinajstić information content (AvgIpc) is 3.17. The number of nitriles is 1. The first-order valence-corrected chi connectivity index (χ1v) is 6.32. The van der Waals surface area contributed by atoms with Crippen molar-refractivity contribution in [2.45, 2.75) is 25.8 Å². The molecule has 1 aliphatic carbocycles. The zero-order valence-electron chi connectivity index (χ0n) is 10.5. The Bertz CT molecular complexity index is 517. The largest absolute Gasteiger partial charge is 0.338 e. The lowest BCUT2D eigenvalue weighted by molar-refractivity contribution is -0.135. The van der Waals surface area contributed by atoms with Crippen molar-refractivity contribution in [2.24, 2.45) is 5.41 Å². The first kappa shape index (κ1) is 12.9. The Morgan fingerprint density at radius 3 is 2.72 bits per heavy atom. The minimum absolute atomic E-state index is 0.0815. The van der Waals surface area contributed by atoms with Crippen molar-refractivity contribution in [1.29, 1.82) is 5.26 Å². The predicted octanol–water partition coefficient (Wildman–Crippen LogP) is 3.16. The third-order valence-corrected chi connectivity index (χ3v) is 3.84. The van der Waals surface area contributed by atoms with E-state index in [0.717, 1.165) is 5.56 Å². The average molecular weight is 263 g/mol. The van der Waals surface area contributed by atoms with Gasteiger partial charge in [-0.05, 0) is 37.5 Å². The summed E-state index contributed by atoms with van der Waals surface area (Å²) in [6.07, 6.45) is 1.35. The smallest absolute Gasteiger partial charge is 0.243 e. The van der Waals surface area contributed by atoms with E-state index >= 15 is 0 Å². The van der Waals surface area contributed by atoms with Crippen LogP contribution in [0.5, 0.6) is 0 Å². The van der Waals surface area contributed by atoms with Crippen LogP contribution in [-0.4, -0.2) is 17.9 Å². The van der Waals surface area contributed by atoms with Crippen molar-refractivity contribution in [3.05, 3.63) is 34.9 Å². The zero-order chi connectivity index (χ0) is 13.3. The number of rotatable bonds is 3. The van der Waals surface area contributed by atoms with Crippen LogP contribution in [0.1, 0.15) is 31.4 Å². The molecule has 0 radical (unpaired) electrons. The molecule has 1 aromatic carbocycles. The van der Waals surface area contributed by atoms with Crippen molar-refractivity contribution < 1.29 is 4.79 Å². The van der Waals surface area contributed by atoms with Crippen LogP contribution in [-0.2, 0) is 4.79 Å². The maximum Gasteiger partial charge on any atom is 0.243 e. The van der Waals surface area contributed by atoms with Gasteiger partial charge in [0.1, 0.15) is 5.41 Å². The summed E-state index contributed by atoms with van der Waals surface area (Å²) >= 11 is 5.95. The van der Waals surface area contributed by atoms with Crippen LogP contribution in [0.2, 0.25) is 5.02 Å². The van der Waals surface area contributed by atoms with Gasteiger partial charge in [0.2, 0.25) is 5.91 Å². The van der Waals surface area contributed by atoms with E-state index in [-0.39, 0.29) is 11.9 Å². The zero-order valence-corrected chi connectivity index (χ0v) is 11.2. The normalized spacial score (nSPS) is 17.7. The van der Waals surface area contributed by atoms with Crippen LogP contribution in [0.25, 0.3) is 0 Å². The van der Waals surface area contributed by atoms with Gasteiger partial charge in [0.25, 0.3) is 0 Å². The molecule has 3 nitrogen and oxygen atoms in total. The van der Waals surface area contributed by atoms with E-state index < -0.39 is 5.41 Å². The van der Waals surface area contributed by atoms with Crippen LogP contribution in [0.4, 0.5) is 0 Å². The van der Waals surface area contributed by atoms with E-state index in [4.69, 9.17) is 16.9 Å². The van der Waals surface area contributed by atoms with E-state index in [9.17, 15) is 4.79 Å². The molecule has 1 saturated carbocycles. The maximum absolute atomic E-state index is 12.2. The highest BCUT2D eigenvalue weighted by molar-refractivity contribution is 6.30. The highest BCUT2D eigenvalue weighted by Crippen LogP contribution is 2.47. The molecule has 18 heavy (non-hydrogen) atoms. The van der Waals surface area contributed by atoms with E-state index in [2.05, 4.69) is 6.07 Å². The molecule has 1 unspecified atom stereocenters. The molecule has 0 N–H and O–H groups in total. The van der Waals surface area contributed by atoms with Gasteiger partial charge in [0.05, 0.1) is 12.1 Å². The summed E-state index contributed by atoms with van der Waals surface area (Å²) in [6, 6.07) is 9.51. The molecule has 1 amide bonds. The van der Waals surface area contributed by atoms with Crippen molar-refractivity contribution >= 4 is 17.5 Å². The van der Waals surface area contributed by atoms with Crippen LogP contribution in [0.15, 0.2) is 24.3 Å². The molecular weight excluding hydrogens is 248 g/mol. The molecule has 2 rings (SSSR count). The van der Waals surface area contributed by atoms with E-state index in [1.54, 1.807) is 18.0 Å². The van der Waals surface area contributed by atoms with Crippen molar-refractivity contribution in [2.75, 3.05) is 7.05 Å². The molecule has 1 aliphatic rings.